The van der Waals surface area contributed by atoms with Gasteiger partial charge in [0.15, 0.2) is 0 Å². The number of aromatic nitrogens is 1. The van der Waals surface area contributed by atoms with Gasteiger partial charge in [0.05, 0.1) is 11.6 Å². The summed E-state index contributed by atoms with van der Waals surface area (Å²) in [7, 11) is 0. The third-order valence-corrected chi connectivity index (χ3v) is 5.03. The van der Waals surface area contributed by atoms with Crippen molar-refractivity contribution in [2.75, 3.05) is 13.1 Å². The van der Waals surface area contributed by atoms with Gasteiger partial charge in [-0.05, 0) is 42.7 Å². The van der Waals surface area contributed by atoms with Gasteiger partial charge in [0.2, 0.25) is 0 Å². The third-order valence-electron chi connectivity index (χ3n) is 5.03. The number of piperidine rings is 1. The number of hydrogen-bond acceptors (Lipinski definition) is 3. The molecule has 1 fully saturated rings. The van der Waals surface area contributed by atoms with E-state index >= 15 is 0 Å². The van der Waals surface area contributed by atoms with Crippen LogP contribution in [0.2, 0.25) is 0 Å². The van der Waals surface area contributed by atoms with Gasteiger partial charge >= 0.3 is 0 Å². The van der Waals surface area contributed by atoms with Crippen LogP contribution in [-0.2, 0) is 6.54 Å². The van der Waals surface area contributed by atoms with Crippen LogP contribution in [0.3, 0.4) is 0 Å². The minimum atomic E-state index is 0.000850. The zero-order valence-corrected chi connectivity index (χ0v) is 13.2. The van der Waals surface area contributed by atoms with Gasteiger partial charge in [0.25, 0.3) is 11.5 Å². The predicted molar refractivity (Wildman–Crippen MR) is 88.6 cm³/mol. The first kappa shape index (κ1) is 14.7. The van der Waals surface area contributed by atoms with E-state index in [1.54, 1.807) is 36.4 Å². The molecule has 1 saturated heterocycles. The Bertz CT molecular complexity index is 892. The van der Waals surface area contributed by atoms with Crippen molar-refractivity contribution in [3.8, 4) is 6.07 Å². The molecule has 0 saturated carbocycles. The first-order valence-corrected chi connectivity index (χ1v) is 8.15. The number of rotatable bonds is 1. The number of nitriles is 1. The number of likely N-dealkylation sites (tertiary alicyclic amines) is 1. The molecule has 2 aromatic rings. The molecule has 1 aromatic heterocycles. The molecule has 2 aliphatic rings. The molecule has 2 atom stereocenters. The van der Waals surface area contributed by atoms with Crippen LogP contribution < -0.4 is 5.56 Å². The van der Waals surface area contributed by atoms with E-state index in [-0.39, 0.29) is 17.4 Å². The van der Waals surface area contributed by atoms with Crippen molar-refractivity contribution in [2.45, 2.75) is 18.9 Å². The van der Waals surface area contributed by atoms with E-state index in [4.69, 9.17) is 5.26 Å². The minimum Gasteiger partial charge on any atom is -0.338 e. The Morgan fingerprint density at radius 1 is 1.08 bits per heavy atom. The Morgan fingerprint density at radius 2 is 1.88 bits per heavy atom. The zero-order valence-electron chi connectivity index (χ0n) is 13.2. The van der Waals surface area contributed by atoms with E-state index in [1.165, 1.54) is 0 Å². The quantitative estimate of drug-likeness (QED) is 0.807. The fourth-order valence-electron chi connectivity index (χ4n) is 3.93. The lowest BCUT2D eigenvalue weighted by Crippen LogP contribution is -2.49. The van der Waals surface area contributed by atoms with Crippen molar-refractivity contribution in [2.24, 2.45) is 5.92 Å². The minimum absolute atomic E-state index is 0.000850. The molecule has 2 aliphatic heterocycles. The molecular formula is C19H17N3O2. The summed E-state index contributed by atoms with van der Waals surface area (Å²) in [5, 5.41) is 8.87. The van der Waals surface area contributed by atoms with Gasteiger partial charge < -0.3 is 9.47 Å². The highest BCUT2D eigenvalue weighted by molar-refractivity contribution is 5.94. The second-order valence-corrected chi connectivity index (χ2v) is 6.60. The lowest BCUT2D eigenvalue weighted by molar-refractivity contribution is 0.0594. The van der Waals surface area contributed by atoms with Gasteiger partial charge in [-0.1, -0.05) is 6.07 Å². The van der Waals surface area contributed by atoms with E-state index in [9.17, 15) is 9.59 Å². The highest BCUT2D eigenvalue weighted by Crippen LogP contribution is 2.35. The van der Waals surface area contributed by atoms with Crippen LogP contribution in [0, 0.1) is 17.2 Å². The highest BCUT2D eigenvalue weighted by atomic mass is 16.2. The lowest BCUT2D eigenvalue weighted by Gasteiger charge is -2.42. The molecule has 0 aliphatic carbocycles. The molecule has 0 spiro atoms. The van der Waals surface area contributed by atoms with Crippen LogP contribution in [0.5, 0.6) is 0 Å². The molecule has 3 heterocycles. The van der Waals surface area contributed by atoms with Gasteiger partial charge in [-0.15, -0.1) is 0 Å². The van der Waals surface area contributed by atoms with Crippen molar-refractivity contribution >= 4 is 5.91 Å². The molecule has 0 radical (unpaired) electrons. The second-order valence-electron chi connectivity index (χ2n) is 6.60. The van der Waals surface area contributed by atoms with E-state index in [1.807, 2.05) is 15.5 Å². The summed E-state index contributed by atoms with van der Waals surface area (Å²) >= 11 is 0. The van der Waals surface area contributed by atoms with E-state index < -0.39 is 0 Å². The fraction of sp³-hybridized carbons (Fsp3) is 0.316. The Labute approximate surface area is 139 Å². The summed E-state index contributed by atoms with van der Waals surface area (Å²) < 4.78 is 1.86. The number of nitrogens with zero attached hydrogens (tertiary/aromatic N) is 3. The number of carbonyl (C=O) groups is 1. The van der Waals surface area contributed by atoms with Crippen molar-refractivity contribution in [1.29, 1.82) is 5.26 Å². The summed E-state index contributed by atoms with van der Waals surface area (Å²) in [5.74, 6) is 0.535. The van der Waals surface area contributed by atoms with Gasteiger partial charge in [0.1, 0.15) is 0 Å². The maximum atomic E-state index is 12.8. The summed E-state index contributed by atoms with van der Waals surface area (Å²) in [6.45, 7) is 2.00. The van der Waals surface area contributed by atoms with Crippen molar-refractivity contribution in [1.82, 2.24) is 9.47 Å². The number of fused-ring (bicyclic) bond motifs is 4. The molecular weight excluding hydrogens is 302 g/mol. The Hall–Kier alpha value is -2.87. The van der Waals surface area contributed by atoms with Crippen LogP contribution in [-0.4, -0.2) is 28.5 Å². The fourth-order valence-corrected chi connectivity index (χ4v) is 3.93. The van der Waals surface area contributed by atoms with E-state index in [2.05, 4.69) is 6.07 Å². The molecule has 2 bridgehead atoms. The van der Waals surface area contributed by atoms with Crippen LogP contribution in [0.4, 0.5) is 0 Å². The third kappa shape index (κ3) is 2.41. The molecule has 2 unspecified atom stereocenters. The lowest BCUT2D eigenvalue weighted by atomic mass is 9.83. The Kier molecular flexibility index (Phi) is 3.46. The van der Waals surface area contributed by atoms with Crippen LogP contribution >= 0.6 is 0 Å². The van der Waals surface area contributed by atoms with Crippen molar-refractivity contribution in [3.05, 3.63) is 69.6 Å². The first-order chi connectivity index (χ1) is 11.7. The summed E-state index contributed by atoms with van der Waals surface area (Å²) in [6.07, 6.45) is 1.03. The molecule has 4 rings (SSSR count). The number of benzene rings is 1. The van der Waals surface area contributed by atoms with Crippen LogP contribution in [0.25, 0.3) is 0 Å². The smallest absolute Gasteiger partial charge is 0.253 e. The molecule has 5 nitrogen and oxygen atoms in total. The van der Waals surface area contributed by atoms with E-state index in [0.29, 0.717) is 36.7 Å². The van der Waals surface area contributed by atoms with Crippen molar-refractivity contribution in [3.63, 3.8) is 0 Å². The molecule has 24 heavy (non-hydrogen) atoms. The maximum absolute atomic E-state index is 12.8. The SMILES string of the molecule is N#Cc1ccc(C(=O)N2CC3CC(C2)c2cccc(=O)n2C3)cc1. The molecule has 1 amide bonds. The number of amides is 1. The van der Waals surface area contributed by atoms with Crippen LogP contribution in [0.1, 0.15) is 34.0 Å². The number of hydrogen-bond donors (Lipinski definition) is 0. The van der Waals surface area contributed by atoms with E-state index in [0.717, 1.165) is 12.1 Å². The van der Waals surface area contributed by atoms with Gasteiger partial charge in [-0.3, -0.25) is 9.59 Å². The topological polar surface area (TPSA) is 66.1 Å². The average molecular weight is 319 g/mol. The Balaban J connectivity index is 1.60. The molecule has 1 aromatic carbocycles. The Morgan fingerprint density at radius 3 is 2.62 bits per heavy atom. The average Bonchev–Trinajstić information content (AvgIpc) is 2.62. The molecule has 120 valence electrons. The standard InChI is InChI=1S/C19H17N3O2/c20-9-13-4-6-15(7-5-13)19(24)21-10-14-8-16(12-21)17-2-1-3-18(23)22(17)11-14/h1-7,14,16H,8,10-12H2. The second kappa shape index (κ2) is 5.64. The molecule has 5 heteroatoms. The summed E-state index contributed by atoms with van der Waals surface area (Å²) in [5.41, 5.74) is 2.25. The van der Waals surface area contributed by atoms with Gasteiger partial charge in [0, 0.05) is 42.9 Å². The highest BCUT2D eigenvalue weighted by Gasteiger charge is 2.36. The monoisotopic (exact) mass is 319 g/mol. The predicted octanol–water partition coefficient (Wildman–Crippen LogP) is 1.98. The van der Waals surface area contributed by atoms with Crippen LogP contribution in [0.15, 0.2) is 47.3 Å². The number of carbonyl (C=O) groups excluding carboxylic acids is 1. The maximum Gasteiger partial charge on any atom is 0.253 e. The zero-order chi connectivity index (χ0) is 16.7. The summed E-state index contributed by atoms with van der Waals surface area (Å²) in [6, 6.07) is 14.2. The van der Waals surface area contributed by atoms with Gasteiger partial charge in [-0.2, -0.15) is 5.26 Å². The van der Waals surface area contributed by atoms with Gasteiger partial charge in [-0.25, -0.2) is 0 Å². The normalized spacial score (nSPS) is 21.7. The largest absolute Gasteiger partial charge is 0.338 e. The summed E-state index contributed by atoms with van der Waals surface area (Å²) in [4.78, 5) is 26.7. The van der Waals surface area contributed by atoms with Crippen molar-refractivity contribution < 1.29 is 4.79 Å². The number of pyridine rings is 1. The molecule has 0 N–H and O–H groups in total. The first-order valence-electron chi connectivity index (χ1n) is 8.15.